The van der Waals surface area contributed by atoms with Crippen molar-refractivity contribution < 1.29 is 27.1 Å². The quantitative estimate of drug-likeness (QED) is 0.206. The van der Waals surface area contributed by atoms with Crippen LogP contribution in [0.2, 0.25) is 0 Å². The number of unbranched alkanes of at least 4 members (excludes halogenated alkanes) is 7. The first kappa shape index (κ1) is 23.5. The van der Waals surface area contributed by atoms with Crippen LogP contribution in [0, 0.1) is 0 Å². The van der Waals surface area contributed by atoms with Gasteiger partial charge in [0.1, 0.15) is 11.9 Å². The van der Waals surface area contributed by atoms with Crippen molar-refractivity contribution in [2.45, 2.75) is 90.0 Å². The van der Waals surface area contributed by atoms with E-state index in [4.69, 9.17) is 0 Å². The lowest BCUT2D eigenvalue weighted by Crippen LogP contribution is -2.22. The predicted molar refractivity (Wildman–Crippen MR) is 97.5 cm³/mol. The molecule has 27 heavy (non-hydrogen) atoms. The smallest absolute Gasteiger partial charge is 0.422 e. The molecule has 1 heterocycles. The molecule has 0 aliphatic heterocycles. The molecule has 1 aromatic rings. The summed E-state index contributed by atoms with van der Waals surface area (Å²) in [5.74, 6) is -1.05. The summed E-state index contributed by atoms with van der Waals surface area (Å²) in [4.78, 5) is 11.7. The molecule has 0 fully saturated rings. The zero-order valence-corrected chi connectivity index (χ0v) is 16.1. The molecule has 1 rings (SSSR count). The molecule has 0 saturated carbocycles. The number of esters is 1. The molecule has 0 amide bonds. The van der Waals surface area contributed by atoms with Gasteiger partial charge in [-0.2, -0.15) is 13.2 Å². The van der Waals surface area contributed by atoms with Gasteiger partial charge in [-0.25, -0.2) is 9.18 Å². The Morgan fingerprint density at radius 1 is 1.07 bits per heavy atom. The normalized spacial score (nSPS) is 12.9. The minimum Gasteiger partial charge on any atom is -0.451 e. The van der Waals surface area contributed by atoms with Gasteiger partial charge in [0.25, 0.3) is 0 Å². The molecule has 0 aliphatic carbocycles. The van der Waals surface area contributed by atoms with Crippen molar-refractivity contribution in [1.82, 2.24) is 4.57 Å². The van der Waals surface area contributed by atoms with Gasteiger partial charge in [-0.05, 0) is 25.0 Å². The number of ether oxygens (including phenoxy) is 1. The third-order valence-corrected chi connectivity index (χ3v) is 4.46. The van der Waals surface area contributed by atoms with Gasteiger partial charge in [0.15, 0.2) is 6.61 Å². The number of hydrogen-bond acceptors (Lipinski definition) is 2. The van der Waals surface area contributed by atoms with Gasteiger partial charge in [0.05, 0.1) is 0 Å². The molecule has 0 bridgehead atoms. The largest absolute Gasteiger partial charge is 0.451 e. The number of alkyl halides is 4. The minimum absolute atomic E-state index is 0.0125. The number of carbonyl (C=O) groups excluding carboxylic acids is 1. The number of aryl methyl sites for hydroxylation is 1. The molecule has 7 heteroatoms. The molecule has 0 spiro atoms. The van der Waals surface area contributed by atoms with Gasteiger partial charge in [0.2, 0.25) is 0 Å². The van der Waals surface area contributed by atoms with E-state index in [2.05, 4.69) is 11.7 Å². The molecule has 0 aliphatic rings. The van der Waals surface area contributed by atoms with E-state index in [1.165, 1.54) is 48.8 Å². The lowest BCUT2D eigenvalue weighted by Gasteiger charge is -2.12. The maximum Gasteiger partial charge on any atom is 0.422 e. The fraction of sp³-hybridized carbons (Fsp3) is 0.750. The van der Waals surface area contributed by atoms with E-state index in [0.29, 0.717) is 6.42 Å². The summed E-state index contributed by atoms with van der Waals surface area (Å²) in [6, 6.07) is 2.92. The first-order valence-electron chi connectivity index (χ1n) is 9.86. The van der Waals surface area contributed by atoms with Crippen LogP contribution in [0.25, 0.3) is 0 Å². The number of rotatable bonds is 14. The van der Waals surface area contributed by atoms with Crippen LogP contribution in [-0.2, 0) is 11.3 Å². The second kappa shape index (κ2) is 12.8. The van der Waals surface area contributed by atoms with E-state index in [0.717, 1.165) is 19.3 Å². The SMILES string of the molecule is CCCCCCCCCCC(F)CCn1cccc1C(=O)OCC(F)(F)F. The Bertz CT molecular complexity index is 528. The van der Waals surface area contributed by atoms with Gasteiger partial charge in [-0.3, -0.25) is 0 Å². The average Bonchev–Trinajstić information content (AvgIpc) is 3.08. The van der Waals surface area contributed by atoms with Gasteiger partial charge in [-0.15, -0.1) is 0 Å². The van der Waals surface area contributed by atoms with Crippen LogP contribution in [0.15, 0.2) is 18.3 Å². The lowest BCUT2D eigenvalue weighted by molar-refractivity contribution is -0.161. The van der Waals surface area contributed by atoms with Crippen molar-refractivity contribution in [2.24, 2.45) is 0 Å². The second-order valence-corrected chi connectivity index (χ2v) is 6.93. The first-order valence-corrected chi connectivity index (χ1v) is 9.86. The zero-order chi connectivity index (χ0) is 20.1. The van der Waals surface area contributed by atoms with Crippen molar-refractivity contribution in [3.8, 4) is 0 Å². The number of nitrogens with zero attached hydrogens (tertiary/aromatic N) is 1. The van der Waals surface area contributed by atoms with Crippen molar-refractivity contribution >= 4 is 5.97 Å². The monoisotopic (exact) mass is 393 g/mol. The average molecular weight is 393 g/mol. The molecule has 3 nitrogen and oxygen atoms in total. The molecule has 0 N–H and O–H groups in total. The maximum atomic E-state index is 14.0. The fourth-order valence-electron chi connectivity index (χ4n) is 2.94. The first-order chi connectivity index (χ1) is 12.8. The summed E-state index contributed by atoms with van der Waals surface area (Å²) in [6.07, 6.45) is 5.91. The lowest BCUT2D eigenvalue weighted by atomic mass is 10.1. The molecule has 0 aromatic carbocycles. The summed E-state index contributed by atoms with van der Waals surface area (Å²) in [6.45, 7) is 0.798. The third-order valence-electron chi connectivity index (χ3n) is 4.46. The van der Waals surface area contributed by atoms with Crippen molar-refractivity contribution in [2.75, 3.05) is 6.61 Å². The predicted octanol–water partition coefficient (Wildman–Crippen LogP) is 6.47. The van der Waals surface area contributed by atoms with Gasteiger partial charge < -0.3 is 9.30 Å². The molecular formula is C20H31F4NO2. The Kier molecular flexibility index (Phi) is 11.1. The summed E-state index contributed by atoms with van der Waals surface area (Å²) in [7, 11) is 0. The summed E-state index contributed by atoms with van der Waals surface area (Å²) in [5.41, 5.74) is 0.0125. The van der Waals surface area contributed by atoms with Crippen molar-refractivity contribution in [3.05, 3.63) is 24.0 Å². The van der Waals surface area contributed by atoms with Gasteiger partial charge >= 0.3 is 12.1 Å². The van der Waals surface area contributed by atoms with E-state index in [-0.39, 0.29) is 18.7 Å². The van der Waals surface area contributed by atoms with Crippen LogP contribution in [-0.4, -0.2) is 29.5 Å². The molecule has 0 saturated heterocycles. The topological polar surface area (TPSA) is 31.2 Å². The Hall–Kier alpha value is -1.53. The highest BCUT2D eigenvalue weighted by molar-refractivity contribution is 5.87. The van der Waals surface area contributed by atoms with E-state index >= 15 is 0 Å². The van der Waals surface area contributed by atoms with E-state index in [1.54, 1.807) is 6.20 Å². The standard InChI is InChI=1S/C20H31F4NO2/c1-2-3-4-5-6-7-8-9-11-17(21)13-15-25-14-10-12-18(25)19(26)27-16-20(22,23)24/h10,12,14,17H,2-9,11,13,15-16H2,1H3. The van der Waals surface area contributed by atoms with Crippen molar-refractivity contribution in [3.63, 3.8) is 0 Å². The summed E-state index contributed by atoms with van der Waals surface area (Å²) >= 11 is 0. The van der Waals surface area contributed by atoms with Crippen molar-refractivity contribution in [1.29, 1.82) is 0 Å². The maximum absolute atomic E-state index is 14.0. The zero-order valence-electron chi connectivity index (χ0n) is 16.1. The molecule has 1 aromatic heterocycles. The molecular weight excluding hydrogens is 362 g/mol. The molecule has 156 valence electrons. The summed E-state index contributed by atoms with van der Waals surface area (Å²) in [5, 5.41) is 0. The molecule has 1 unspecified atom stereocenters. The Balaban J connectivity index is 2.22. The Morgan fingerprint density at radius 3 is 2.33 bits per heavy atom. The van der Waals surface area contributed by atoms with Crippen LogP contribution < -0.4 is 0 Å². The van der Waals surface area contributed by atoms with Crippen LogP contribution in [0.3, 0.4) is 0 Å². The summed E-state index contributed by atoms with van der Waals surface area (Å²) < 4.78 is 56.1. The Morgan fingerprint density at radius 2 is 1.70 bits per heavy atom. The second-order valence-electron chi connectivity index (χ2n) is 6.93. The Labute approximate surface area is 159 Å². The highest BCUT2D eigenvalue weighted by Gasteiger charge is 2.30. The van der Waals surface area contributed by atoms with E-state index in [9.17, 15) is 22.4 Å². The van der Waals surface area contributed by atoms with Crippen LogP contribution in [0.1, 0.15) is 81.6 Å². The van der Waals surface area contributed by atoms with Crippen LogP contribution >= 0.6 is 0 Å². The third kappa shape index (κ3) is 11.0. The minimum atomic E-state index is -4.56. The highest BCUT2D eigenvalue weighted by Crippen LogP contribution is 2.17. The molecule has 1 atom stereocenters. The van der Waals surface area contributed by atoms with E-state index in [1.807, 2.05) is 0 Å². The van der Waals surface area contributed by atoms with Gasteiger partial charge in [-0.1, -0.05) is 58.3 Å². The van der Waals surface area contributed by atoms with Crippen LogP contribution in [0.5, 0.6) is 0 Å². The number of halogens is 4. The fourth-order valence-corrected chi connectivity index (χ4v) is 2.94. The number of aromatic nitrogens is 1. The number of carbonyl (C=O) groups is 1. The van der Waals surface area contributed by atoms with E-state index < -0.39 is 24.9 Å². The van der Waals surface area contributed by atoms with Gasteiger partial charge in [0, 0.05) is 12.7 Å². The number of hydrogen-bond donors (Lipinski definition) is 0. The molecule has 0 radical (unpaired) electrons. The van der Waals surface area contributed by atoms with Crippen LogP contribution in [0.4, 0.5) is 17.6 Å². The highest BCUT2D eigenvalue weighted by atomic mass is 19.4.